The molecule has 1 aliphatic heterocycles. The monoisotopic (exact) mass is 437 g/mol. The summed E-state index contributed by atoms with van der Waals surface area (Å²) < 4.78 is 11.5. The lowest BCUT2D eigenvalue weighted by atomic mass is 10.1. The highest BCUT2D eigenvalue weighted by atomic mass is 79.9. The van der Waals surface area contributed by atoms with E-state index in [0.717, 1.165) is 10.0 Å². The van der Waals surface area contributed by atoms with E-state index in [1.165, 1.54) is 0 Å². The minimum Gasteiger partial charge on any atom is -0.454 e. The first-order valence-corrected chi connectivity index (χ1v) is 8.93. The van der Waals surface area contributed by atoms with Gasteiger partial charge in [0.2, 0.25) is 12.7 Å². The average Bonchev–Trinajstić information content (AvgIpc) is 3.17. The second kappa shape index (κ2) is 7.54. The van der Waals surface area contributed by atoms with Gasteiger partial charge in [0.15, 0.2) is 11.5 Å². The molecule has 1 aromatic heterocycles. The molecular weight excluding hydrogens is 426 g/mol. The molecule has 0 amide bonds. The van der Waals surface area contributed by atoms with Gasteiger partial charge in [0.25, 0.3) is 5.56 Å². The van der Waals surface area contributed by atoms with Gasteiger partial charge in [-0.05, 0) is 33.6 Å². The maximum atomic E-state index is 12.2. The topological polar surface area (TPSA) is 112 Å². The van der Waals surface area contributed by atoms with Crippen molar-refractivity contribution >= 4 is 28.1 Å². The lowest BCUT2D eigenvalue weighted by Gasteiger charge is -2.06. The predicted octanol–water partition coefficient (Wildman–Crippen LogP) is 3.25. The van der Waals surface area contributed by atoms with Crippen molar-refractivity contribution in [3.05, 3.63) is 68.4 Å². The first-order chi connectivity index (χ1) is 13.7. The summed E-state index contributed by atoms with van der Waals surface area (Å²) in [6.45, 7) is 0.172. The number of aromatic nitrogens is 2. The van der Waals surface area contributed by atoms with E-state index in [2.05, 4.69) is 36.4 Å². The first-order valence-electron chi connectivity index (χ1n) is 8.14. The van der Waals surface area contributed by atoms with E-state index in [0.29, 0.717) is 17.1 Å². The molecule has 2 N–H and O–H groups in total. The molecule has 0 spiro atoms. The van der Waals surface area contributed by atoms with Gasteiger partial charge in [-0.3, -0.25) is 9.78 Å². The largest absolute Gasteiger partial charge is 0.454 e. The number of nitrogens with zero attached hydrogens (tertiary/aromatic N) is 3. The number of hydrogen-bond acceptors (Lipinski definition) is 7. The van der Waals surface area contributed by atoms with Gasteiger partial charge in [-0.15, -0.1) is 0 Å². The molecule has 3 aromatic rings. The van der Waals surface area contributed by atoms with Gasteiger partial charge in [0, 0.05) is 5.56 Å². The van der Waals surface area contributed by atoms with Gasteiger partial charge in [-0.1, -0.05) is 30.3 Å². The first kappa shape index (κ1) is 17.8. The zero-order valence-electron chi connectivity index (χ0n) is 14.3. The Hall–Kier alpha value is -3.64. The number of rotatable bonds is 4. The molecule has 0 saturated heterocycles. The number of halogens is 1. The minimum atomic E-state index is -0.542. The summed E-state index contributed by atoms with van der Waals surface area (Å²) in [5.41, 5.74) is 3.80. The number of aromatic amines is 1. The fourth-order valence-electron chi connectivity index (χ4n) is 2.66. The Morgan fingerprint density at radius 2 is 2.11 bits per heavy atom. The van der Waals surface area contributed by atoms with Crippen LogP contribution in [0, 0.1) is 11.3 Å². The predicted molar refractivity (Wildman–Crippen MR) is 106 cm³/mol. The van der Waals surface area contributed by atoms with Crippen molar-refractivity contribution in [3.8, 4) is 28.8 Å². The summed E-state index contributed by atoms with van der Waals surface area (Å²) >= 11 is 3.42. The van der Waals surface area contributed by atoms with Crippen molar-refractivity contribution < 1.29 is 9.47 Å². The number of fused-ring (bicyclic) bond motifs is 1. The van der Waals surface area contributed by atoms with Crippen molar-refractivity contribution in [2.24, 2.45) is 5.10 Å². The van der Waals surface area contributed by atoms with Crippen LogP contribution in [0.2, 0.25) is 0 Å². The van der Waals surface area contributed by atoms with Crippen molar-refractivity contribution in [2.75, 3.05) is 12.2 Å². The van der Waals surface area contributed by atoms with Crippen LogP contribution < -0.4 is 20.5 Å². The number of nitriles is 1. The van der Waals surface area contributed by atoms with E-state index in [4.69, 9.17) is 9.47 Å². The molecule has 0 bridgehead atoms. The number of nitrogens with one attached hydrogen (secondary N) is 2. The minimum absolute atomic E-state index is 0.0552. The highest BCUT2D eigenvalue weighted by Gasteiger charge is 2.17. The number of hydrazone groups is 1. The molecule has 0 radical (unpaired) electrons. The quantitative estimate of drug-likeness (QED) is 0.478. The molecule has 1 aliphatic rings. The van der Waals surface area contributed by atoms with Crippen molar-refractivity contribution in [3.63, 3.8) is 0 Å². The molecule has 2 aromatic carbocycles. The Kier molecular flexibility index (Phi) is 4.78. The van der Waals surface area contributed by atoms with Crippen molar-refractivity contribution in [1.29, 1.82) is 5.26 Å². The van der Waals surface area contributed by atoms with E-state index >= 15 is 0 Å². The van der Waals surface area contributed by atoms with Gasteiger partial charge in [-0.25, -0.2) is 10.4 Å². The molecule has 138 valence electrons. The van der Waals surface area contributed by atoms with Gasteiger partial charge in [0.1, 0.15) is 11.6 Å². The van der Waals surface area contributed by atoms with Crippen LogP contribution in [0.1, 0.15) is 11.1 Å². The molecule has 8 nitrogen and oxygen atoms in total. The van der Waals surface area contributed by atoms with Crippen LogP contribution in [0.3, 0.4) is 0 Å². The Labute approximate surface area is 167 Å². The summed E-state index contributed by atoms with van der Waals surface area (Å²) in [7, 11) is 0. The molecule has 0 unspecified atom stereocenters. The van der Waals surface area contributed by atoms with Crippen LogP contribution in [-0.4, -0.2) is 23.0 Å². The summed E-state index contributed by atoms with van der Waals surface area (Å²) in [4.78, 5) is 19.1. The van der Waals surface area contributed by atoms with Gasteiger partial charge < -0.3 is 9.47 Å². The lowest BCUT2D eigenvalue weighted by Crippen LogP contribution is -2.16. The standard InChI is InChI=1S/C19H12BrN5O3/c20-14-6-11(7-15-17(14)28-10-27-15)9-22-25-19-23-16(12-4-2-1-3-5-12)13(8-21)18(26)24-19/h1-7,9H,10H2,(H2,23,24,25,26). The molecule has 0 saturated carbocycles. The summed E-state index contributed by atoms with van der Waals surface area (Å²) in [6.07, 6.45) is 1.55. The van der Waals surface area contributed by atoms with Crippen LogP contribution >= 0.6 is 15.9 Å². The normalized spacial score (nSPS) is 12.1. The molecule has 2 heterocycles. The highest BCUT2D eigenvalue weighted by Crippen LogP contribution is 2.39. The third kappa shape index (κ3) is 3.45. The molecule has 0 aliphatic carbocycles. The molecule has 0 atom stereocenters. The third-order valence-corrected chi connectivity index (χ3v) is 4.50. The number of H-pyrrole nitrogens is 1. The Bertz CT molecular complexity index is 1170. The number of hydrogen-bond donors (Lipinski definition) is 2. The van der Waals surface area contributed by atoms with Crippen LogP contribution in [0.15, 0.2) is 56.8 Å². The maximum absolute atomic E-state index is 12.2. The van der Waals surface area contributed by atoms with Crippen LogP contribution in [0.4, 0.5) is 5.95 Å². The number of anilines is 1. The van der Waals surface area contributed by atoms with Gasteiger partial charge in [-0.2, -0.15) is 10.4 Å². The zero-order valence-corrected chi connectivity index (χ0v) is 15.9. The fraction of sp³-hybridized carbons (Fsp3) is 0.0526. The molecule has 28 heavy (non-hydrogen) atoms. The zero-order chi connectivity index (χ0) is 19.5. The Balaban J connectivity index is 1.62. The summed E-state index contributed by atoms with van der Waals surface area (Å²) in [5.74, 6) is 1.39. The van der Waals surface area contributed by atoms with Crippen molar-refractivity contribution in [1.82, 2.24) is 9.97 Å². The van der Waals surface area contributed by atoms with E-state index < -0.39 is 5.56 Å². The summed E-state index contributed by atoms with van der Waals surface area (Å²) in [5, 5.41) is 13.4. The second-order valence-electron chi connectivity index (χ2n) is 5.72. The SMILES string of the molecule is N#Cc1c(-c2ccccc2)nc(NN=Cc2cc(Br)c3c(c2)OCO3)[nH]c1=O. The maximum Gasteiger partial charge on any atom is 0.270 e. The molecule has 4 rings (SSSR count). The Morgan fingerprint density at radius 1 is 1.29 bits per heavy atom. The van der Waals surface area contributed by atoms with Crippen LogP contribution in [0.5, 0.6) is 11.5 Å². The average molecular weight is 438 g/mol. The number of benzene rings is 2. The molecule has 0 fully saturated rings. The van der Waals surface area contributed by atoms with E-state index in [9.17, 15) is 10.1 Å². The fourth-order valence-corrected chi connectivity index (χ4v) is 3.24. The van der Waals surface area contributed by atoms with Gasteiger partial charge >= 0.3 is 0 Å². The molecular formula is C19H12BrN5O3. The van der Waals surface area contributed by atoms with Gasteiger partial charge in [0.05, 0.1) is 16.4 Å². The van der Waals surface area contributed by atoms with E-state index in [1.54, 1.807) is 24.4 Å². The number of ether oxygens (including phenoxy) is 2. The smallest absolute Gasteiger partial charge is 0.270 e. The van der Waals surface area contributed by atoms with Crippen LogP contribution in [0.25, 0.3) is 11.3 Å². The van der Waals surface area contributed by atoms with E-state index in [-0.39, 0.29) is 24.0 Å². The van der Waals surface area contributed by atoms with E-state index in [1.807, 2.05) is 30.3 Å². The Morgan fingerprint density at radius 3 is 2.89 bits per heavy atom. The third-order valence-electron chi connectivity index (χ3n) is 3.91. The lowest BCUT2D eigenvalue weighted by molar-refractivity contribution is 0.173. The second-order valence-corrected chi connectivity index (χ2v) is 6.58. The highest BCUT2D eigenvalue weighted by molar-refractivity contribution is 9.10. The van der Waals surface area contributed by atoms with Crippen molar-refractivity contribution in [2.45, 2.75) is 0 Å². The van der Waals surface area contributed by atoms with Crippen LogP contribution in [-0.2, 0) is 0 Å². The summed E-state index contributed by atoms with van der Waals surface area (Å²) in [6, 6.07) is 14.5. The molecule has 9 heteroatoms.